The van der Waals surface area contributed by atoms with E-state index in [1.165, 1.54) is 11.3 Å². The number of nitrogens with zero attached hydrogens (tertiary/aromatic N) is 1. The number of fused-ring (bicyclic) bond motifs is 1. The Hall–Kier alpha value is -1.26. The van der Waals surface area contributed by atoms with Gasteiger partial charge in [0, 0.05) is 38.3 Å². The average Bonchev–Trinajstić information content (AvgIpc) is 2.93. The molecule has 3 rings (SSSR count). The quantitative estimate of drug-likeness (QED) is 0.890. The molecular weight excluding hydrogens is 240 g/mol. The molecule has 0 saturated carbocycles. The van der Waals surface area contributed by atoms with Crippen molar-refractivity contribution in [3.8, 4) is 5.75 Å². The zero-order chi connectivity index (χ0) is 13.1. The van der Waals surface area contributed by atoms with Gasteiger partial charge in [-0.2, -0.15) is 0 Å². The smallest absolute Gasteiger partial charge is 0.122 e. The molecule has 0 bridgehead atoms. The van der Waals surface area contributed by atoms with Crippen molar-refractivity contribution in [2.24, 2.45) is 0 Å². The van der Waals surface area contributed by atoms with Crippen molar-refractivity contribution in [2.45, 2.75) is 18.9 Å². The van der Waals surface area contributed by atoms with E-state index in [0.717, 1.165) is 51.5 Å². The van der Waals surface area contributed by atoms with E-state index >= 15 is 0 Å². The highest BCUT2D eigenvalue weighted by Crippen LogP contribution is 2.29. The zero-order valence-corrected chi connectivity index (χ0v) is 11.5. The van der Waals surface area contributed by atoms with Gasteiger partial charge in [0.05, 0.1) is 19.8 Å². The van der Waals surface area contributed by atoms with Gasteiger partial charge in [0.25, 0.3) is 0 Å². The van der Waals surface area contributed by atoms with Crippen LogP contribution in [0.4, 0.5) is 5.69 Å². The maximum atomic E-state index is 5.54. The molecule has 4 heteroatoms. The normalized spacial score (nSPS) is 21.8. The van der Waals surface area contributed by atoms with Crippen LogP contribution in [0.3, 0.4) is 0 Å². The summed E-state index contributed by atoms with van der Waals surface area (Å²) in [6.45, 7) is 4.53. The number of benzene rings is 1. The first-order valence-corrected chi connectivity index (χ1v) is 7.11. The predicted octanol–water partition coefficient (Wildman–Crippen LogP) is 1.44. The molecule has 2 heterocycles. The molecule has 0 aromatic heterocycles. The fourth-order valence-electron chi connectivity index (χ4n) is 2.69. The standard InChI is InChI=1S/C15H22N2O2/c1-17(7-4-13-11-18-9-6-16-13)14-2-3-15-12(10-14)5-8-19-15/h2-3,10,13,16H,4-9,11H2,1H3. The molecule has 104 valence electrons. The van der Waals surface area contributed by atoms with E-state index in [-0.39, 0.29) is 0 Å². The van der Waals surface area contributed by atoms with Crippen LogP contribution in [0.5, 0.6) is 5.75 Å². The van der Waals surface area contributed by atoms with Gasteiger partial charge in [-0.3, -0.25) is 0 Å². The molecule has 1 aromatic rings. The van der Waals surface area contributed by atoms with Crippen LogP contribution in [0.25, 0.3) is 0 Å². The molecule has 2 aliphatic heterocycles. The van der Waals surface area contributed by atoms with Crippen molar-refractivity contribution >= 4 is 5.69 Å². The van der Waals surface area contributed by atoms with Crippen LogP contribution in [-0.4, -0.2) is 46.0 Å². The van der Waals surface area contributed by atoms with Crippen LogP contribution in [0.2, 0.25) is 0 Å². The number of morpholine rings is 1. The van der Waals surface area contributed by atoms with Crippen LogP contribution in [0, 0.1) is 0 Å². The van der Waals surface area contributed by atoms with Gasteiger partial charge in [0.1, 0.15) is 5.75 Å². The fraction of sp³-hybridized carbons (Fsp3) is 0.600. The number of rotatable bonds is 4. The van der Waals surface area contributed by atoms with Gasteiger partial charge in [0.15, 0.2) is 0 Å². The van der Waals surface area contributed by atoms with Crippen molar-refractivity contribution in [2.75, 3.05) is 44.9 Å². The van der Waals surface area contributed by atoms with Crippen LogP contribution in [0.1, 0.15) is 12.0 Å². The summed E-state index contributed by atoms with van der Waals surface area (Å²) in [7, 11) is 2.15. The molecular formula is C15H22N2O2. The minimum Gasteiger partial charge on any atom is -0.493 e. The molecule has 1 saturated heterocycles. The van der Waals surface area contributed by atoms with E-state index in [0.29, 0.717) is 6.04 Å². The topological polar surface area (TPSA) is 33.7 Å². The molecule has 1 unspecified atom stereocenters. The molecule has 2 aliphatic rings. The second-order valence-corrected chi connectivity index (χ2v) is 5.33. The molecule has 0 aliphatic carbocycles. The lowest BCUT2D eigenvalue weighted by Gasteiger charge is -2.27. The van der Waals surface area contributed by atoms with Gasteiger partial charge in [-0.05, 0) is 30.2 Å². The second kappa shape index (κ2) is 5.80. The third-order valence-electron chi connectivity index (χ3n) is 3.93. The first kappa shape index (κ1) is 12.8. The number of ether oxygens (including phenoxy) is 2. The van der Waals surface area contributed by atoms with Crippen molar-refractivity contribution in [3.05, 3.63) is 23.8 Å². The molecule has 1 atom stereocenters. The van der Waals surface area contributed by atoms with Crippen LogP contribution < -0.4 is 15.0 Å². The summed E-state index contributed by atoms with van der Waals surface area (Å²) in [4.78, 5) is 2.31. The van der Waals surface area contributed by atoms with Crippen molar-refractivity contribution in [3.63, 3.8) is 0 Å². The van der Waals surface area contributed by atoms with Crippen LogP contribution in [0.15, 0.2) is 18.2 Å². The Morgan fingerprint density at radius 3 is 3.16 bits per heavy atom. The minimum atomic E-state index is 0.494. The lowest BCUT2D eigenvalue weighted by atomic mass is 10.1. The highest BCUT2D eigenvalue weighted by Gasteiger charge is 2.16. The number of hydrogen-bond donors (Lipinski definition) is 1. The fourth-order valence-corrected chi connectivity index (χ4v) is 2.69. The minimum absolute atomic E-state index is 0.494. The number of hydrogen-bond acceptors (Lipinski definition) is 4. The van der Waals surface area contributed by atoms with E-state index in [1.807, 2.05) is 0 Å². The van der Waals surface area contributed by atoms with Crippen molar-refractivity contribution < 1.29 is 9.47 Å². The summed E-state index contributed by atoms with van der Waals surface area (Å²) < 4.78 is 11.0. The zero-order valence-electron chi connectivity index (χ0n) is 11.5. The predicted molar refractivity (Wildman–Crippen MR) is 76.1 cm³/mol. The van der Waals surface area contributed by atoms with Gasteiger partial charge in [-0.25, -0.2) is 0 Å². The first-order valence-electron chi connectivity index (χ1n) is 7.11. The molecule has 4 nitrogen and oxygen atoms in total. The van der Waals surface area contributed by atoms with E-state index in [4.69, 9.17) is 9.47 Å². The number of anilines is 1. The maximum absolute atomic E-state index is 5.54. The van der Waals surface area contributed by atoms with Gasteiger partial charge in [0.2, 0.25) is 0 Å². The van der Waals surface area contributed by atoms with Crippen LogP contribution >= 0.6 is 0 Å². The molecule has 1 N–H and O–H groups in total. The Balaban J connectivity index is 1.56. The first-order chi connectivity index (χ1) is 9.33. The Morgan fingerprint density at radius 1 is 1.37 bits per heavy atom. The summed E-state index contributed by atoms with van der Waals surface area (Å²) in [6, 6.07) is 6.99. The lowest BCUT2D eigenvalue weighted by molar-refractivity contribution is 0.0749. The van der Waals surface area contributed by atoms with Crippen molar-refractivity contribution in [1.29, 1.82) is 0 Å². The molecule has 19 heavy (non-hydrogen) atoms. The second-order valence-electron chi connectivity index (χ2n) is 5.33. The third kappa shape index (κ3) is 3.01. The summed E-state index contributed by atoms with van der Waals surface area (Å²) in [5.41, 5.74) is 2.62. The summed E-state index contributed by atoms with van der Waals surface area (Å²) in [6.07, 6.45) is 2.15. The Labute approximate surface area is 114 Å². The van der Waals surface area contributed by atoms with Gasteiger partial charge in [-0.1, -0.05) is 0 Å². The van der Waals surface area contributed by atoms with Gasteiger partial charge >= 0.3 is 0 Å². The van der Waals surface area contributed by atoms with E-state index in [9.17, 15) is 0 Å². The van der Waals surface area contributed by atoms with Crippen molar-refractivity contribution in [1.82, 2.24) is 5.32 Å². The summed E-state index contributed by atoms with van der Waals surface area (Å²) in [5.74, 6) is 1.06. The molecule has 1 aromatic carbocycles. The Morgan fingerprint density at radius 2 is 2.32 bits per heavy atom. The maximum Gasteiger partial charge on any atom is 0.122 e. The Kier molecular flexibility index (Phi) is 3.89. The number of nitrogens with one attached hydrogen (secondary N) is 1. The lowest BCUT2D eigenvalue weighted by Crippen LogP contribution is -2.42. The summed E-state index contributed by atoms with van der Waals surface area (Å²) in [5, 5.41) is 3.50. The molecule has 0 spiro atoms. The Bertz CT molecular complexity index is 430. The highest BCUT2D eigenvalue weighted by atomic mass is 16.5. The highest BCUT2D eigenvalue weighted by molar-refractivity contribution is 5.53. The molecule has 0 amide bonds. The van der Waals surface area contributed by atoms with E-state index < -0.39 is 0 Å². The van der Waals surface area contributed by atoms with Gasteiger partial charge in [-0.15, -0.1) is 0 Å². The van der Waals surface area contributed by atoms with E-state index in [1.54, 1.807) is 0 Å². The van der Waals surface area contributed by atoms with Crippen LogP contribution in [-0.2, 0) is 11.2 Å². The SMILES string of the molecule is CN(CCC1COCCN1)c1ccc2c(c1)CCO2. The average molecular weight is 262 g/mol. The van der Waals surface area contributed by atoms with Gasteiger partial charge < -0.3 is 19.7 Å². The van der Waals surface area contributed by atoms with E-state index in [2.05, 4.69) is 35.5 Å². The monoisotopic (exact) mass is 262 g/mol. The summed E-state index contributed by atoms with van der Waals surface area (Å²) >= 11 is 0. The third-order valence-corrected chi connectivity index (χ3v) is 3.93. The molecule has 0 radical (unpaired) electrons. The largest absolute Gasteiger partial charge is 0.493 e. The molecule has 1 fully saturated rings.